The zero-order chi connectivity index (χ0) is 36.6. The van der Waals surface area contributed by atoms with Gasteiger partial charge in [0.25, 0.3) is 5.91 Å². The molecular weight excluding hydrogens is 711 g/mol. The molecule has 4 aromatic carbocycles. The van der Waals surface area contributed by atoms with Crippen molar-refractivity contribution in [3.63, 3.8) is 0 Å². The Labute approximate surface area is 302 Å². The molecule has 2 aliphatic heterocycles. The summed E-state index contributed by atoms with van der Waals surface area (Å²) in [4.78, 5) is 64.1. The molecule has 2 fully saturated rings. The number of nitrogens with zero attached hydrogens (tertiary/aromatic N) is 2. The maximum Gasteiger partial charge on any atom is 0.399 e. The van der Waals surface area contributed by atoms with E-state index in [1.807, 2.05) is 72.8 Å². The van der Waals surface area contributed by atoms with E-state index in [9.17, 15) is 37.5 Å². The Morgan fingerprint density at radius 3 is 2.44 bits per heavy atom. The lowest BCUT2D eigenvalue weighted by atomic mass is 10.00. The Bertz CT molecular complexity index is 2190. The number of halogens is 2. The second kappa shape index (κ2) is 14.5. The molecule has 14 heteroatoms. The van der Waals surface area contributed by atoms with Crippen LogP contribution in [0.15, 0.2) is 97.1 Å². The van der Waals surface area contributed by atoms with Crippen molar-refractivity contribution < 1.29 is 42.3 Å². The minimum absolute atomic E-state index is 0.122. The second-order valence-electron chi connectivity index (χ2n) is 13.1. The number of hydrogen-bond acceptors (Lipinski definition) is 6. The van der Waals surface area contributed by atoms with Crippen molar-refractivity contribution in [1.82, 2.24) is 15.1 Å². The van der Waals surface area contributed by atoms with Gasteiger partial charge in [0.15, 0.2) is 0 Å². The van der Waals surface area contributed by atoms with Gasteiger partial charge in [-0.1, -0.05) is 78.9 Å². The van der Waals surface area contributed by atoms with Crippen LogP contribution >= 0.6 is 18.9 Å². The third kappa shape index (κ3) is 7.24. The number of rotatable bonds is 9. The molecular formula is C38H36F2N3O7PS. The Balaban J connectivity index is 1.14. The van der Waals surface area contributed by atoms with Crippen LogP contribution in [0.1, 0.15) is 45.3 Å². The van der Waals surface area contributed by atoms with E-state index in [2.05, 4.69) is 5.32 Å². The molecule has 270 valence electrons. The number of morpholine rings is 1. The summed E-state index contributed by atoms with van der Waals surface area (Å²) in [7, 11) is -5.79. The van der Waals surface area contributed by atoms with E-state index in [1.54, 1.807) is 9.80 Å². The molecule has 1 unspecified atom stereocenters. The number of amides is 3. The van der Waals surface area contributed by atoms with Crippen molar-refractivity contribution in [2.24, 2.45) is 0 Å². The van der Waals surface area contributed by atoms with Crippen LogP contribution in [0, 0.1) is 0 Å². The molecule has 52 heavy (non-hydrogen) atoms. The average molecular weight is 748 g/mol. The first kappa shape index (κ1) is 35.9. The lowest BCUT2D eigenvalue weighted by molar-refractivity contribution is -0.149. The summed E-state index contributed by atoms with van der Waals surface area (Å²) in [6, 6.07) is 25.9. The molecule has 0 bridgehead atoms. The maximum atomic E-state index is 14.5. The van der Waals surface area contributed by atoms with Gasteiger partial charge in [0, 0.05) is 29.8 Å². The number of likely N-dealkylation sites (tertiary alicyclic amines) is 1. The smallest absolute Gasteiger partial charge is 0.370 e. The second-order valence-corrected chi connectivity index (χ2v) is 15.8. The van der Waals surface area contributed by atoms with Gasteiger partial charge in [0.2, 0.25) is 11.8 Å². The van der Waals surface area contributed by atoms with Gasteiger partial charge in [0.1, 0.15) is 18.2 Å². The summed E-state index contributed by atoms with van der Waals surface area (Å²) in [6.07, 6.45) is 0.935. The van der Waals surface area contributed by atoms with Crippen LogP contribution in [-0.4, -0.2) is 75.6 Å². The number of alkyl halides is 2. The van der Waals surface area contributed by atoms with Crippen molar-refractivity contribution in [3.05, 3.63) is 119 Å². The Hall–Kier alpha value is -4.52. The minimum atomic E-state index is -5.79. The molecule has 10 nitrogen and oxygen atoms in total. The molecule has 0 saturated carbocycles. The highest BCUT2D eigenvalue weighted by Gasteiger charge is 2.50. The minimum Gasteiger partial charge on any atom is -0.370 e. The van der Waals surface area contributed by atoms with Crippen LogP contribution in [0.25, 0.3) is 20.9 Å². The molecule has 0 radical (unpaired) electrons. The van der Waals surface area contributed by atoms with Crippen molar-refractivity contribution in [1.29, 1.82) is 0 Å². The number of thiophene rings is 1. The normalized spacial score (nSPS) is 18.8. The lowest BCUT2D eigenvalue weighted by Crippen LogP contribution is -2.56. The number of nitrogens with one attached hydrogen (secondary N) is 1. The molecule has 0 spiro atoms. The van der Waals surface area contributed by atoms with Crippen LogP contribution in [0.2, 0.25) is 0 Å². The summed E-state index contributed by atoms with van der Waals surface area (Å²) < 4.78 is 46.8. The number of ether oxygens (including phenoxy) is 1. The van der Waals surface area contributed by atoms with Crippen LogP contribution in [0.3, 0.4) is 0 Å². The van der Waals surface area contributed by atoms with Crippen molar-refractivity contribution >= 4 is 57.5 Å². The van der Waals surface area contributed by atoms with Crippen LogP contribution in [0.5, 0.6) is 0 Å². The topological polar surface area (TPSA) is 136 Å². The molecule has 3 atom stereocenters. The van der Waals surface area contributed by atoms with Gasteiger partial charge in [-0.25, -0.2) is 0 Å². The molecule has 0 aliphatic carbocycles. The Kier molecular flexibility index (Phi) is 9.99. The summed E-state index contributed by atoms with van der Waals surface area (Å²) >= 11 is 1.00. The summed E-state index contributed by atoms with van der Waals surface area (Å²) in [5.41, 5.74) is -3.52. The summed E-state index contributed by atoms with van der Waals surface area (Å²) in [6.45, 7) is 1.45. The Morgan fingerprint density at radius 2 is 1.67 bits per heavy atom. The molecule has 3 amide bonds. The molecule has 1 aromatic heterocycles. The number of fused-ring (bicyclic) bond motifs is 2. The Morgan fingerprint density at radius 1 is 0.923 bits per heavy atom. The van der Waals surface area contributed by atoms with Gasteiger partial charge in [-0.05, 0) is 58.3 Å². The molecule has 3 N–H and O–H groups in total. The van der Waals surface area contributed by atoms with Gasteiger partial charge in [-0.2, -0.15) is 8.78 Å². The van der Waals surface area contributed by atoms with Crippen molar-refractivity contribution in [2.75, 3.05) is 26.2 Å². The van der Waals surface area contributed by atoms with Crippen molar-refractivity contribution in [3.8, 4) is 0 Å². The lowest BCUT2D eigenvalue weighted by Gasteiger charge is -2.37. The highest BCUT2D eigenvalue weighted by atomic mass is 32.1. The first-order valence-corrected chi connectivity index (χ1v) is 19.3. The first-order valence-electron chi connectivity index (χ1n) is 16.9. The standard InChI is InChI=1S/C38H36F2N3O7PS/c39-38(40,51(47,48)49)29-14-15-33-28(21-29)22-34(52-33)35(44)41-30(20-24-12-13-25-7-4-5-10-27(25)19-24)36(45)43-16-6-11-31(43)37(46)42-17-18-50-32(23-42)26-8-2-1-3-9-26/h1-5,7-10,12-15,19,21-22,30-32H,6,11,16-18,20,23H2,(H,41,44)(H2,47,48,49)/t30?,31-,32-/m0/s1. The molecule has 3 heterocycles. The number of benzene rings is 4. The largest absolute Gasteiger partial charge is 0.399 e. The third-order valence-corrected chi connectivity index (χ3v) is 11.8. The van der Waals surface area contributed by atoms with Crippen LogP contribution in [0.4, 0.5) is 8.78 Å². The van der Waals surface area contributed by atoms with Gasteiger partial charge in [-0.3, -0.25) is 18.9 Å². The van der Waals surface area contributed by atoms with E-state index in [4.69, 9.17) is 4.74 Å². The van der Waals surface area contributed by atoms with E-state index >= 15 is 0 Å². The zero-order valence-electron chi connectivity index (χ0n) is 27.9. The van der Waals surface area contributed by atoms with Crippen molar-refractivity contribution in [2.45, 2.75) is 43.1 Å². The number of carbonyl (C=O) groups excluding carboxylic acids is 3. The molecule has 2 saturated heterocycles. The first-order chi connectivity index (χ1) is 24.9. The predicted octanol–water partition coefficient (Wildman–Crippen LogP) is 6.21. The highest BCUT2D eigenvalue weighted by molar-refractivity contribution is 7.52. The fourth-order valence-corrected chi connectivity index (χ4v) is 8.38. The molecule has 5 aromatic rings. The van der Waals surface area contributed by atoms with E-state index in [-0.39, 0.29) is 28.7 Å². The fourth-order valence-electron chi connectivity index (χ4n) is 6.96. The SMILES string of the molecule is O=C(NC(Cc1ccc2ccccc2c1)C(=O)N1CCC[C@H]1C(=O)N1CCO[C@H](c2ccccc2)C1)c1cc2cc(C(F)(F)P(=O)(O)O)ccc2s1. The average Bonchev–Trinajstić information content (AvgIpc) is 3.82. The molecule has 2 aliphatic rings. The molecule has 7 rings (SSSR count). The summed E-state index contributed by atoms with van der Waals surface area (Å²) in [5.74, 6) is -1.20. The monoisotopic (exact) mass is 747 g/mol. The van der Waals surface area contributed by atoms with Gasteiger partial charge in [0.05, 0.1) is 18.0 Å². The van der Waals surface area contributed by atoms with E-state index < -0.39 is 42.7 Å². The highest BCUT2D eigenvalue weighted by Crippen LogP contribution is 2.59. The third-order valence-electron chi connectivity index (χ3n) is 9.68. The van der Waals surface area contributed by atoms with Gasteiger partial charge in [-0.15, -0.1) is 11.3 Å². The van der Waals surface area contributed by atoms with Crippen LogP contribution < -0.4 is 5.32 Å². The quantitative estimate of drug-likeness (QED) is 0.153. The van der Waals surface area contributed by atoms with Crippen LogP contribution in [-0.2, 0) is 31.0 Å². The van der Waals surface area contributed by atoms with Gasteiger partial charge < -0.3 is 29.6 Å². The number of carbonyl (C=O) groups is 3. The predicted molar refractivity (Wildman–Crippen MR) is 193 cm³/mol. The van der Waals surface area contributed by atoms with E-state index in [1.165, 1.54) is 12.1 Å². The number of hydrogen-bond donors (Lipinski definition) is 3. The summed E-state index contributed by atoms with van der Waals surface area (Å²) in [5, 5.41) is 5.03. The maximum absolute atomic E-state index is 14.5. The van der Waals surface area contributed by atoms with Gasteiger partial charge >= 0.3 is 13.3 Å². The van der Waals surface area contributed by atoms with E-state index in [0.29, 0.717) is 43.8 Å². The fraction of sp³-hybridized carbons (Fsp3) is 0.289. The van der Waals surface area contributed by atoms with E-state index in [0.717, 1.165) is 45.4 Å². The zero-order valence-corrected chi connectivity index (χ0v) is 29.6.